The van der Waals surface area contributed by atoms with Crippen LogP contribution in [0.3, 0.4) is 0 Å². The Morgan fingerprint density at radius 3 is 1.33 bits per heavy atom. The molecule has 0 saturated heterocycles. The van der Waals surface area contributed by atoms with E-state index in [4.69, 9.17) is 5.73 Å². The van der Waals surface area contributed by atoms with E-state index < -0.39 is 0 Å². The molecule has 0 aromatic carbocycles. The van der Waals surface area contributed by atoms with E-state index >= 15 is 0 Å². The van der Waals surface area contributed by atoms with Crippen LogP contribution in [-0.4, -0.2) is 37.5 Å². The summed E-state index contributed by atoms with van der Waals surface area (Å²) in [6.07, 6.45) is 1.10. The van der Waals surface area contributed by atoms with Gasteiger partial charge in [-0.1, -0.05) is 34.6 Å². The molecule has 0 bridgehead atoms. The standard InChI is InChI=1S/C6H15N.C3H9N.Li.H/c1-5(2)7-6(3)4;1-2-3-4;;/h5-7H,1-4H3;2-4H2,1H3;;. The molecule has 2 nitrogen and oxygen atoms in total. The Bertz CT molecular complexity index is 57.5. The fourth-order valence-electron chi connectivity index (χ4n) is 0.667. The van der Waals surface area contributed by atoms with Gasteiger partial charge in [0.2, 0.25) is 0 Å². The number of rotatable bonds is 3. The molecule has 0 atom stereocenters. The van der Waals surface area contributed by atoms with Gasteiger partial charge in [-0.3, -0.25) is 0 Å². The number of hydrogen-bond acceptors (Lipinski definition) is 2. The van der Waals surface area contributed by atoms with Crippen LogP contribution in [-0.2, 0) is 0 Å². The zero-order valence-electron chi connectivity index (χ0n) is 8.65. The molecule has 0 rings (SSSR count). The van der Waals surface area contributed by atoms with Crippen LogP contribution in [0.1, 0.15) is 41.0 Å². The van der Waals surface area contributed by atoms with Gasteiger partial charge in [-0.25, -0.2) is 0 Å². The van der Waals surface area contributed by atoms with Gasteiger partial charge in [0.15, 0.2) is 0 Å². The van der Waals surface area contributed by atoms with E-state index in [0.29, 0.717) is 12.1 Å². The van der Waals surface area contributed by atoms with Crippen LogP contribution in [0.2, 0.25) is 0 Å². The van der Waals surface area contributed by atoms with E-state index in [1.165, 1.54) is 0 Å². The molecule has 0 aliphatic carbocycles. The van der Waals surface area contributed by atoms with Crippen molar-refractivity contribution >= 4 is 18.9 Å². The van der Waals surface area contributed by atoms with Crippen LogP contribution in [0, 0.1) is 0 Å². The normalized spacial score (nSPS) is 9.00. The molecule has 0 spiro atoms. The fourth-order valence-corrected chi connectivity index (χ4v) is 0.667. The van der Waals surface area contributed by atoms with Gasteiger partial charge in [-0.2, -0.15) is 0 Å². The van der Waals surface area contributed by atoms with Crippen LogP contribution < -0.4 is 11.1 Å². The van der Waals surface area contributed by atoms with E-state index in [1.54, 1.807) is 0 Å². The number of hydrogen-bond donors (Lipinski definition) is 2. The van der Waals surface area contributed by atoms with Gasteiger partial charge in [0.05, 0.1) is 0 Å². The summed E-state index contributed by atoms with van der Waals surface area (Å²) in [5.41, 5.74) is 5.03. The van der Waals surface area contributed by atoms with Gasteiger partial charge in [-0.05, 0) is 13.0 Å². The van der Waals surface area contributed by atoms with Crippen LogP contribution in [0.5, 0.6) is 0 Å². The monoisotopic (exact) mass is 168 g/mol. The van der Waals surface area contributed by atoms with E-state index in [2.05, 4.69) is 39.9 Å². The Hall–Kier alpha value is 0.517. The Morgan fingerprint density at radius 2 is 1.33 bits per heavy atom. The second kappa shape index (κ2) is 14.1. The van der Waals surface area contributed by atoms with Crippen molar-refractivity contribution in [3.8, 4) is 0 Å². The van der Waals surface area contributed by atoms with Gasteiger partial charge in [0, 0.05) is 12.1 Å². The van der Waals surface area contributed by atoms with E-state index in [1.807, 2.05) is 0 Å². The second-order valence-electron chi connectivity index (χ2n) is 3.26. The number of nitrogens with one attached hydrogen (secondary N) is 1. The third-order valence-electron chi connectivity index (χ3n) is 0.955. The maximum atomic E-state index is 5.03. The summed E-state index contributed by atoms with van der Waals surface area (Å²) in [4.78, 5) is 0. The van der Waals surface area contributed by atoms with E-state index in [9.17, 15) is 0 Å². The molecule has 3 N–H and O–H groups in total. The first-order chi connectivity index (χ1) is 5.04. The van der Waals surface area contributed by atoms with Crippen LogP contribution in [0.15, 0.2) is 0 Å². The molecule has 0 radical (unpaired) electrons. The van der Waals surface area contributed by atoms with Crippen molar-refractivity contribution in [3.63, 3.8) is 0 Å². The molecule has 0 heterocycles. The Labute approximate surface area is 89.9 Å². The summed E-state index contributed by atoms with van der Waals surface area (Å²) in [6.45, 7) is 11.5. The van der Waals surface area contributed by atoms with Crippen molar-refractivity contribution in [3.05, 3.63) is 0 Å². The summed E-state index contributed by atoms with van der Waals surface area (Å²) in [6, 6.07) is 1.25. The molecule has 0 aromatic rings. The predicted octanol–water partition coefficient (Wildman–Crippen LogP) is 1.10. The van der Waals surface area contributed by atoms with Gasteiger partial charge in [0.25, 0.3) is 0 Å². The van der Waals surface area contributed by atoms with Crippen molar-refractivity contribution < 1.29 is 0 Å². The van der Waals surface area contributed by atoms with Crippen LogP contribution in [0.25, 0.3) is 0 Å². The van der Waals surface area contributed by atoms with Gasteiger partial charge >= 0.3 is 18.9 Å². The average Bonchev–Trinajstić information content (AvgIpc) is 1.85. The van der Waals surface area contributed by atoms with Crippen LogP contribution >= 0.6 is 0 Å². The Kier molecular flexibility index (Phi) is 21.5. The molecule has 0 aliphatic heterocycles. The third-order valence-corrected chi connectivity index (χ3v) is 0.955. The molecule has 72 valence electrons. The first-order valence-electron chi connectivity index (χ1n) is 4.50. The van der Waals surface area contributed by atoms with Gasteiger partial charge < -0.3 is 11.1 Å². The molecular formula is C9H25LiN2. The van der Waals surface area contributed by atoms with Crippen molar-refractivity contribution in [1.82, 2.24) is 5.32 Å². The summed E-state index contributed by atoms with van der Waals surface area (Å²) in [5, 5.41) is 3.31. The molecule has 0 unspecified atom stereocenters. The molecule has 0 aliphatic rings. The third kappa shape index (κ3) is 31.3. The summed E-state index contributed by atoms with van der Waals surface area (Å²) in [7, 11) is 0. The van der Waals surface area contributed by atoms with Crippen molar-refractivity contribution in [2.24, 2.45) is 5.73 Å². The molecule has 0 fully saturated rings. The summed E-state index contributed by atoms with van der Waals surface area (Å²) in [5.74, 6) is 0. The minimum absolute atomic E-state index is 0. The molecular weight excluding hydrogens is 143 g/mol. The van der Waals surface area contributed by atoms with E-state index in [-0.39, 0.29) is 18.9 Å². The molecule has 0 amide bonds. The van der Waals surface area contributed by atoms with E-state index in [0.717, 1.165) is 13.0 Å². The SMILES string of the molecule is CC(C)NC(C)C.CCCN.[LiH]. The average molecular weight is 168 g/mol. The fraction of sp³-hybridized carbons (Fsp3) is 1.00. The molecule has 12 heavy (non-hydrogen) atoms. The molecule has 0 saturated carbocycles. The van der Waals surface area contributed by atoms with Crippen molar-refractivity contribution in [1.29, 1.82) is 0 Å². The summed E-state index contributed by atoms with van der Waals surface area (Å²) < 4.78 is 0. The van der Waals surface area contributed by atoms with Gasteiger partial charge in [0.1, 0.15) is 0 Å². The zero-order chi connectivity index (χ0) is 9.28. The molecule has 0 aromatic heterocycles. The summed E-state index contributed by atoms with van der Waals surface area (Å²) >= 11 is 0. The van der Waals surface area contributed by atoms with Gasteiger partial charge in [-0.15, -0.1) is 0 Å². The van der Waals surface area contributed by atoms with Crippen molar-refractivity contribution in [2.75, 3.05) is 6.54 Å². The molecule has 3 heteroatoms. The Balaban J connectivity index is -0.000000142. The first kappa shape index (κ1) is 18.3. The maximum absolute atomic E-state index is 5.03. The Morgan fingerprint density at radius 1 is 1.08 bits per heavy atom. The topological polar surface area (TPSA) is 38.0 Å². The zero-order valence-corrected chi connectivity index (χ0v) is 8.65. The first-order valence-corrected chi connectivity index (χ1v) is 4.50. The van der Waals surface area contributed by atoms with Crippen molar-refractivity contribution in [2.45, 2.75) is 53.1 Å². The van der Waals surface area contributed by atoms with Crippen LogP contribution in [0.4, 0.5) is 0 Å². The predicted molar refractivity (Wildman–Crippen MR) is 59.9 cm³/mol. The second-order valence-corrected chi connectivity index (χ2v) is 3.26. The quantitative estimate of drug-likeness (QED) is 0.619. The minimum atomic E-state index is 0. The number of nitrogens with two attached hydrogens (primary N) is 1.